The van der Waals surface area contributed by atoms with Gasteiger partial charge in [-0.2, -0.15) is 0 Å². The molecule has 0 atom stereocenters. The third-order valence-electron chi connectivity index (χ3n) is 5.33. The number of benzene rings is 1. The highest BCUT2D eigenvalue weighted by atomic mass is 32.1. The first-order valence-electron chi connectivity index (χ1n) is 9.67. The average molecular weight is 398 g/mol. The van der Waals surface area contributed by atoms with Gasteiger partial charge in [-0.1, -0.05) is 36.5 Å². The molecule has 2 aliphatic rings. The summed E-state index contributed by atoms with van der Waals surface area (Å²) in [5.41, 5.74) is 3.97. The van der Waals surface area contributed by atoms with Gasteiger partial charge in [-0.15, -0.1) is 0 Å². The Hall–Kier alpha value is -2.67. The average Bonchev–Trinajstić information content (AvgIpc) is 3.25. The van der Waals surface area contributed by atoms with Gasteiger partial charge in [0.15, 0.2) is 0 Å². The first-order valence-corrected chi connectivity index (χ1v) is 10.5. The number of amides is 1. The Morgan fingerprint density at radius 1 is 1.29 bits per heavy atom. The highest BCUT2D eigenvalue weighted by Crippen LogP contribution is 2.37. The van der Waals surface area contributed by atoms with Crippen molar-refractivity contribution in [1.29, 1.82) is 0 Å². The number of allylic oxidation sites excluding steroid dienone is 1. The number of piperidine rings is 1. The SMILES string of the molecule is CCc1cccc2c1N=C/C2=C\c1sc(=O)n(CC(=O)N2CCCCC2)c1O. The van der Waals surface area contributed by atoms with Gasteiger partial charge in [-0.25, -0.2) is 0 Å². The lowest BCUT2D eigenvalue weighted by atomic mass is 10.0. The van der Waals surface area contributed by atoms with E-state index in [4.69, 9.17) is 0 Å². The second kappa shape index (κ2) is 7.75. The maximum absolute atomic E-state index is 12.5. The van der Waals surface area contributed by atoms with E-state index in [1.807, 2.05) is 12.1 Å². The van der Waals surface area contributed by atoms with E-state index < -0.39 is 0 Å². The zero-order chi connectivity index (χ0) is 19.7. The predicted molar refractivity (Wildman–Crippen MR) is 113 cm³/mol. The largest absolute Gasteiger partial charge is 0.493 e. The first kappa shape index (κ1) is 18.7. The number of likely N-dealkylation sites (tertiary alicyclic amines) is 1. The minimum absolute atomic E-state index is 0.116. The van der Waals surface area contributed by atoms with E-state index in [0.29, 0.717) is 4.88 Å². The highest BCUT2D eigenvalue weighted by molar-refractivity contribution is 7.10. The number of rotatable bonds is 4. The lowest BCUT2D eigenvalue weighted by Gasteiger charge is -2.26. The number of para-hydroxylation sites is 1. The monoisotopic (exact) mass is 397 g/mol. The van der Waals surface area contributed by atoms with Crippen LogP contribution in [0.15, 0.2) is 28.0 Å². The standard InChI is InChI=1S/C21H23N3O3S/c1-2-14-7-6-8-16-15(12-22-19(14)16)11-17-20(26)24(21(27)28-17)13-18(25)23-9-4-3-5-10-23/h6-8,11-12,26H,2-5,9-10,13H2,1H3/b15-11+. The van der Waals surface area contributed by atoms with E-state index in [2.05, 4.69) is 18.0 Å². The van der Waals surface area contributed by atoms with Crippen molar-refractivity contribution in [3.05, 3.63) is 43.9 Å². The fourth-order valence-electron chi connectivity index (χ4n) is 3.75. The number of hydrogen-bond donors (Lipinski definition) is 1. The molecule has 0 saturated carbocycles. The Bertz CT molecular complexity index is 1030. The molecule has 2 aromatic rings. The van der Waals surface area contributed by atoms with Crippen molar-refractivity contribution in [1.82, 2.24) is 9.47 Å². The summed E-state index contributed by atoms with van der Waals surface area (Å²) < 4.78 is 1.17. The molecule has 2 aliphatic heterocycles. The number of aryl methyl sites for hydroxylation is 1. The number of carbonyl (C=O) groups is 1. The maximum Gasteiger partial charge on any atom is 0.311 e. The van der Waals surface area contributed by atoms with E-state index in [1.54, 1.807) is 17.2 Å². The normalized spacial score (nSPS) is 17.3. The van der Waals surface area contributed by atoms with Gasteiger partial charge in [0, 0.05) is 30.4 Å². The van der Waals surface area contributed by atoms with Crippen molar-refractivity contribution in [3.63, 3.8) is 0 Å². The van der Waals surface area contributed by atoms with E-state index in [0.717, 1.165) is 66.9 Å². The molecule has 1 amide bonds. The van der Waals surface area contributed by atoms with Crippen LogP contribution in [0.5, 0.6) is 5.88 Å². The van der Waals surface area contributed by atoms with Crippen molar-refractivity contribution in [2.24, 2.45) is 4.99 Å². The van der Waals surface area contributed by atoms with Crippen LogP contribution in [0.4, 0.5) is 5.69 Å². The fourth-order valence-corrected chi connectivity index (χ4v) is 4.58. The lowest BCUT2D eigenvalue weighted by Crippen LogP contribution is -2.38. The molecule has 28 heavy (non-hydrogen) atoms. The summed E-state index contributed by atoms with van der Waals surface area (Å²) in [6.07, 6.45) is 7.54. The summed E-state index contributed by atoms with van der Waals surface area (Å²) in [5.74, 6) is -0.268. The Kier molecular flexibility index (Phi) is 5.17. The van der Waals surface area contributed by atoms with Crippen molar-refractivity contribution in [2.75, 3.05) is 13.1 Å². The van der Waals surface area contributed by atoms with Crippen molar-refractivity contribution < 1.29 is 9.90 Å². The number of aliphatic imine (C=N–C) groups is 1. The Morgan fingerprint density at radius 3 is 2.82 bits per heavy atom. The molecule has 0 bridgehead atoms. The third-order valence-corrected chi connectivity index (χ3v) is 6.24. The topological polar surface area (TPSA) is 74.9 Å². The van der Waals surface area contributed by atoms with Gasteiger partial charge in [0.05, 0.1) is 10.6 Å². The van der Waals surface area contributed by atoms with Gasteiger partial charge in [0.25, 0.3) is 0 Å². The van der Waals surface area contributed by atoms with Crippen LogP contribution in [-0.4, -0.2) is 39.8 Å². The van der Waals surface area contributed by atoms with Crippen LogP contribution >= 0.6 is 11.3 Å². The molecule has 0 radical (unpaired) electrons. The number of aromatic nitrogens is 1. The van der Waals surface area contributed by atoms with Crippen LogP contribution in [0, 0.1) is 0 Å². The second-order valence-electron chi connectivity index (χ2n) is 7.11. The Morgan fingerprint density at radius 2 is 2.07 bits per heavy atom. The number of aromatic hydroxyl groups is 1. The summed E-state index contributed by atoms with van der Waals surface area (Å²) in [7, 11) is 0. The zero-order valence-electron chi connectivity index (χ0n) is 15.9. The molecule has 1 aromatic heterocycles. The molecule has 1 N–H and O–H groups in total. The van der Waals surface area contributed by atoms with Gasteiger partial charge < -0.3 is 10.0 Å². The van der Waals surface area contributed by atoms with E-state index in [1.165, 1.54) is 10.1 Å². The summed E-state index contributed by atoms with van der Waals surface area (Å²) in [6.45, 7) is 3.42. The number of nitrogens with zero attached hydrogens (tertiary/aromatic N) is 3. The molecule has 0 aliphatic carbocycles. The second-order valence-corrected chi connectivity index (χ2v) is 8.10. The molecule has 1 fully saturated rings. The van der Waals surface area contributed by atoms with Gasteiger partial charge in [-0.05, 0) is 37.3 Å². The lowest BCUT2D eigenvalue weighted by molar-refractivity contribution is -0.132. The molecular formula is C21H23N3O3S. The van der Waals surface area contributed by atoms with Gasteiger partial charge in [0.1, 0.15) is 6.54 Å². The summed E-state index contributed by atoms with van der Waals surface area (Å²) >= 11 is 0.950. The molecule has 1 aromatic carbocycles. The number of fused-ring (bicyclic) bond motifs is 1. The van der Waals surface area contributed by atoms with Gasteiger partial charge >= 0.3 is 4.87 Å². The smallest absolute Gasteiger partial charge is 0.311 e. The molecule has 146 valence electrons. The quantitative estimate of drug-likeness (QED) is 0.859. The van der Waals surface area contributed by atoms with Crippen LogP contribution < -0.4 is 4.87 Å². The number of thiazole rings is 1. The molecule has 6 nitrogen and oxygen atoms in total. The van der Waals surface area contributed by atoms with Crippen molar-refractivity contribution >= 4 is 40.8 Å². The van der Waals surface area contributed by atoms with Crippen LogP contribution in [0.25, 0.3) is 11.6 Å². The van der Waals surface area contributed by atoms with Crippen molar-refractivity contribution in [3.8, 4) is 5.88 Å². The molecule has 4 rings (SSSR count). The Balaban J connectivity index is 1.61. The van der Waals surface area contributed by atoms with E-state index >= 15 is 0 Å². The first-order chi connectivity index (χ1) is 13.6. The van der Waals surface area contributed by atoms with E-state index in [9.17, 15) is 14.7 Å². The minimum Gasteiger partial charge on any atom is -0.493 e. The molecule has 0 unspecified atom stereocenters. The third kappa shape index (κ3) is 3.42. The number of carbonyl (C=O) groups excluding carboxylic acids is 1. The highest BCUT2D eigenvalue weighted by Gasteiger charge is 2.22. The van der Waals surface area contributed by atoms with Crippen LogP contribution in [0.1, 0.15) is 42.2 Å². The zero-order valence-corrected chi connectivity index (χ0v) is 16.7. The van der Waals surface area contributed by atoms with E-state index in [-0.39, 0.29) is 23.2 Å². The predicted octanol–water partition coefficient (Wildman–Crippen LogP) is 3.45. The molecule has 7 heteroatoms. The molecule has 3 heterocycles. The minimum atomic E-state index is -0.327. The molecule has 0 spiro atoms. The van der Waals surface area contributed by atoms with Crippen LogP contribution in [0.2, 0.25) is 0 Å². The van der Waals surface area contributed by atoms with Crippen molar-refractivity contribution in [2.45, 2.75) is 39.2 Å². The van der Waals surface area contributed by atoms with Crippen LogP contribution in [-0.2, 0) is 17.8 Å². The Labute approximate surface area is 167 Å². The van der Waals surface area contributed by atoms with Gasteiger partial charge in [-0.3, -0.25) is 19.1 Å². The summed E-state index contributed by atoms with van der Waals surface area (Å²) in [6, 6.07) is 6.03. The molecular weight excluding hydrogens is 374 g/mol. The fraction of sp³-hybridized carbons (Fsp3) is 0.381. The maximum atomic E-state index is 12.5. The summed E-state index contributed by atoms with van der Waals surface area (Å²) in [5, 5.41) is 10.6. The van der Waals surface area contributed by atoms with Gasteiger partial charge in [0.2, 0.25) is 11.8 Å². The molecule has 1 saturated heterocycles. The summed E-state index contributed by atoms with van der Waals surface area (Å²) in [4.78, 5) is 31.3. The number of hydrogen-bond acceptors (Lipinski definition) is 5. The van der Waals surface area contributed by atoms with Crippen LogP contribution in [0.3, 0.4) is 0 Å².